The zero-order valence-corrected chi connectivity index (χ0v) is 10.3. The zero-order valence-electron chi connectivity index (χ0n) is 7.27. The minimum Gasteiger partial charge on any atom is -1.00 e. The van der Waals surface area contributed by atoms with Gasteiger partial charge in [0.1, 0.15) is 0 Å². The van der Waals surface area contributed by atoms with Crippen molar-refractivity contribution in [2.75, 3.05) is 20.7 Å². The minimum absolute atomic E-state index is 0. The molecule has 0 aliphatic carbocycles. The number of hydrogen-bond donors (Lipinski definition) is 1. The molecule has 0 amide bonds. The Balaban J connectivity index is -0.0000000183. The molecule has 0 aromatic rings. The SMILES string of the molecule is CCCCO.C[N-]C.[Cl-].[Cl-].[Ti+3]. The van der Waals surface area contributed by atoms with E-state index < -0.39 is 0 Å². The maximum Gasteiger partial charge on any atom is 3.00 e. The molecule has 0 atom stereocenters. The Morgan fingerprint density at radius 1 is 1.18 bits per heavy atom. The third kappa shape index (κ3) is 92.2. The van der Waals surface area contributed by atoms with E-state index in [1.165, 1.54) is 0 Å². The Morgan fingerprint density at radius 3 is 1.45 bits per heavy atom. The van der Waals surface area contributed by atoms with Gasteiger partial charge in [-0.1, -0.05) is 13.3 Å². The van der Waals surface area contributed by atoms with Crippen molar-refractivity contribution in [3.63, 3.8) is 0 Å². The summed E-state index contributed by atoms with van der Waals surface area (Å²) in [5.74, 6) is 0. The molecule has 0 unspecified atom stereocenters. The average molecular weight is 237 g/mol. The van der Waals surface area contributed by atoms with Crippen molar-refractivity contribution >= 4 is 0 Å². The van der Waals surface area contributed by atoms with Crippen molar-refractivity contribution < 1.29 is 51.6 Å². The molecule has 0 bridgehead atoms. The van der Waals surface area contributed by atoms with Gasteiger partial charge in [-0.05, 0) is 6.42 Å². The van der Waals surface area contributed by atoms with E-state index >= 15 is 0 Å². The van der Waals surface area contributed by atoms with Gasteiger partial charge in [0.25, 0.3) is 0 Å². The molecule has 69 valence electrons. The van der Waals surface area contributed by atoms with Gasteiger partial charge in [0.05, 0.1) is 0 Å². The second-order valence-corrected chi connectivity index (χ2v) is 1.52. The standard InChI is InChI=1S/C4H10O.C2H6N.2ClH.Ti/c1-2-3-4-5;1-3-2;;;/h5H,2-4H2,1H3;1-2H3;2*1H;/q;-1;;;+3/p-2. The molecule has 0 aromatic carbocycles. The van der Waals surface area contributed by atoms with Gasteiger partial charge in [0.2, 0.25) is 0 Å². The Kier molecular flexibility index (Phi) is 115. The van der Waals surface area contributed by atoms with Crippen LogP contribution in [-0.2, 0) is 21.7 Å². The summed E-state index contributed by atoms with van der Waals surface area (Å²) < 4.78 is 0. The van der Waals surface area contributed by atoms with Crippen LogP contribution in [0, 0.1) is 0 Å². The van der Waals surface area contributed by atoms with E-state index in [2.05, 4.69) is 12.2 Å². The van der Waals surface area contributed by atoms with Gasteiger partial charge >= 0.3 is 21.7 Å². The maximum absolute atomic E-state index is 8.07. The molecule has 2 nitrogen and oxygen atoms in total. The molecule has 11 heavy (non-hydrogen) atoms. The van der Waals surface area contributed by atoms with E-state index in [4.69, 9.17) is 5.11 Å². The van der Waals surface area contributed by atoms with Gasteiger partial charge in [-0.2, -0.15) is 14.1 Å². The minimum atomic E-state index is 0. The third-order valence-corrected chi connectivity index (χ3v) is 0.512. The van der Waals surface area contributed by atoms with E-state index in [0.29, 0.717) is 6.61 Å². The van der Waals surface area contributed by atoms with Crippen LogP contribution in [0.3, 0.4) is 0 Å². The number of hydrogen-bond acceptors (Lipinski definition) is 1. The third-order valence-electron chi connectivity index (χ3n) is 0.512. The normalized spacial score (nSPS) is 5.45. The van der Waals surface area contributed by atoms with Gasteiger partial charge in [-0.3, -0.25) is 0 Å². The summed E-state index contributed by atoms with van der Waals surface area (Å²) >= 11 is 0. The molecule has 0 heterocycles. The molecule has 0 aromatic heterocycles. The smallest absolute Gasteiger partial charge is 1.00 e. The van der Waals surface area contributed by atoms with E-state index in [0.717, 1.165) is 12.8 Å². The van der Waals surface area contributed by atoms with Crippen LogP contribution in [0.4, 0.5) is 0 Å². The van der Waals surface area contributed by atoms with Gasteiger partial charge < -0.3 is 35.2 Å². The first kappa shape index (κ1) is 29.5. The summed E-state index contributed by atoms with van der Waals surface area (Å²) in [5.41, 5.74) is 0. The number of rotatable bonds is 2. The van der Waals surface area contributed by atoms with Crippen molar-refractivity contribution in [1.29, 1.82) is 0 Å². The van der Waals surface area contributed by atoms with E-state index in [9.17, 15) is 0 Å². The number of unbranched alkanes of at least 4 members (excludes halogenated alkanes) is 1. The molecule has 0 saturated carbocycles. The molecule has 1 radical (unpaired) electrons. The van der Waals surface area contributed by atoms with Crippen molar-refractivity contribution in [3.05, 3.63) is 5.32 Å². The molecule has 0 aliphatic heterocycles. The Hall–Kier alpha value is 1.21. The van der Waals surface area contributed by atoms with Gasteiger partial charge in [0, 0.05) is 6.61 Å². The van der Waals surface area contributed by atoms with E-state index in [-0.39, 0.29) is 46.5 Å². The van der Waals surface area contributed by atoms with Crippen LogP contribution in [0.15, 0.2) is 0 Å². The number of halogens is 2. The summed E-state index contributed by atoms with van der Waals surface area (Å²) in [7, 11) is 3.50. The van der Waals surface area contributed by atoms with Crippen LogP contribution < -0.4 is 24.8 Å². The molecule has 5 heteroatoms. The van der Waals surface area contributed by atoms with Gasteiger partial charge in [-0.15, -0.1) is 0 Å². The second-order valence-electron chi connectivity index (χ2n) is 1.52. The summed E-state index contributed by atoms with van der Waals surface area (Å²) in [6.07, 6.45) is 2.04. The van der Waals surface area contributed by atoms with Crippen molar-refractivity contribution in [2.24, 2.45) is 0 Å². The molecule has 0 rings (SSSR count). The monoisotopic (exact) mass is 236 g/mol. The van der Waals surface area contributed by atoms with Crippen LogP contribution in [0.25, 0.3) is 5.32 Å². The molecule has 0 fully saturated rings. The van der Waals surface area contributed by atoms with Crippen molar-refractivity contribution in [3.8, 4) is 0 Å². The van der Waals surface area contributed by atoms with E-state index in [1.807, 2.05) is 0 Å². The molecule has 0 saturated heterocycles. The van der Waals surface area contributed by atoms with Gasteiger partial charge in [0.15, 0.2) is 0 Å². The summed E-state index contributed by atoms with van der Waals surface area (Å²) in [6.45, 7) is 2.40. The maximum atomic E-state index is 8.07. The van der Waals surface area contributed by atoms with Crippen LogP contribution in [-0.4, -0.2) is 25.8 Å². The summed E-state index contributed by atoms with van der Waals surface area (Å²) in [6, 6.07) is 0. The number of nitrogens with zero attached hydrogens (tertiary/aromatic N) is 1. The quantitative estimate of drug-likeness (QED) is 0.482. The fraction of sp³-hybridized carbons (Fsp3) is 1.00. The first-order valence-corrected chi connectivity index (χ1v) is 2.92. The van der Waals surface area contributed by atoms with Crippen molar-refractivity contribution in [1.82, 2.24) is 0 Å². The van der Waals surface area contributed by atoms with Crippen LogP contribution in [0.5, 0.6) is 0 Å². The van der Waals surface area contributed by atoms with Crippen LogP contribution in [0.2, 0.25) is 0 Å². The largest absolute Gasteiger partial charge is 3.00 e. The molecular weight excluding hydrogens is 221 g/mol. The topological polar surface area (TPSA) is 34.3 Å². The fourth-order valence-corrected chi connectivity index (χ4v) is 0.158. The number of aliphatic hydroxyl groups is 1. The molecule has 0 aliphatic rings. The first-order valence-electron chi connectivity index (χ1n) is 2.92. The van der Waals surface area contributed by atoms with Crippen LogP contribution >= 0.6 is 0 Å². The fourth-order valence-electron chi connectivity index (χ4n) is 0.158. The average Bonchev–Trinajstić information content (AvgIpc) is 1.71. The van der Waals surface area contributed by atoms with E-state index in [1.54, 1.807) is 14.1 Å². The summed E-state index contributed by atoms with van der Waals surface area (Å²) in [5, 5.41) is 11.6. The summed E-state index contributed by atoms with van der Waals surface area (Å²) in [4.78, 5) is 0. The molecule has 1 N–H and O–H groups in total. The zero-order chi connectivity index (χ0) is 6.83. The first-order chi connectivity index (χ1) is 3.83. The molecular formula is C6H16Cl2NOTi. The Labute approximate surface area is 97.2 Å². The second kappa shape index (κ2) is 43.0. The van der Waals surface area contributed by atoms with Crippen LogP contribution in [0.1, 0.15) is 19.8 Å². The number of aliphatic hydroxyl groups excluding tert-OH is 1. The van der Waals surface area contributed by atoms with Gasteiger partial charge in [-0.25, -0.2) is 0 Å². The predicted molar refractivity (Wildman–Crippen MR) is 37.2 cm³/mol. The predicted octanol–water partition coefficient (Wildman–Crippen LogP) is -4.60. The van der Waals surface area contributed by atoms with Crippen molar-refractivity contribution in [2.45, 2.75) is 19.8 Å². The Bertz CT molecular complexity index is 34.5. The molecule has 0 spiro atoms. The Morgan fingerprint density at radius 2 is 1.45 bits per heavy atom.